The van der Waals surface area contributed by atoms with Gasteiger partial charge in [0, 0.05) is 30.4 Å². The van der Waals surface area contributed by atoms with Gasteiger partial charge in [0.1, 0.15) is 29.0 Å². The summed E-state index contributed by atoms with van der Waals surface area (Å²) in [6.45, 7) is 3.89. The van der Waals surface area contributed by atoms with Crippen LogP contribution in [0.1, 0.15) is 19.7 Å². The van der Waals surface area contributed by atoms with Gasteiger partial charge in [-0.3, -0.25) is 4.79 Å². The molecule has 3 aromatic rings. The van der Waals surface area contributed by atoms with Crippen molar-refractivity contribution in [2.45, 2.75) is 25.9 Å². The molecular formula is C22H21F4N5O. The number of imidazole rings is 1. The van der Waals surface area contributed by atoms with Gasteiger partial charge < -0.3 is 20.5 Å². The van der Waals surface area contributed by atoms with E-state index in [1.807, 2.05) is 0 Å². The van der Waals surface area contributed by atoms with Crippen molar-refractivity contribution in [2.75, 3.05) is 18.4 Å². The number of nitrogens with zero attached hydrogens (tertiary/aromatic N) is 3. The number of hydrogen-bond donors (Lipinski definition) is 2. The third kappa shape index (κ3) is 3.60. The van der Waals surface area contributed by atoms with E-state index in [4.69, 9.17) is 5.73 Å². The SMILES string of the molecule is CC1(C)c2nc(-c3cc(F)cc(F)c3F)c(Nc3ccc(F)cc3)n2CCN1C(=O)CN. The Morgan fingerprint density at radius 2 is 1.78 bits per heavy atom. The van der Waals surface area contributed by atoms with Gasteiger partial charge in [-0.05, 0) is 44.2 Å². The number of halogens is 4. The lowest BCUT2D eigenvalue weighted by Gasteiger charge is -2.42. The molecule has 2 aromatic carbocycles. The summed E-state index contributed by atoms with van der Waals surface area (Å²) in [6, 6.07) is 6.73. The third-order valence-corrected chi connectivity index (χ3v) is 5.57. The van der Waals surface area contributed by atoms with Crippen LogP contribution >= 0.6 is 0 Å². The van der Waals surface area contributed by atoms with Crippen LogP contribution in [0, 0.1) is 23.3 Å². The van der Waals surface area contributed by atoms with Crippen LogP contribution in [0.4, 0.5) is 29.1 Å². The highest BCUT2D eigenvalue weighted by Gasteiger charge is 2.41. The second-order valence-electron chi connectivity index (χ2n) is 7.97. The van der Waals surface area contributed by atoms with Gasteiger partial charge in [0.15, 0.2) is 11.6 Å². The van der Waals surface area contributed by atoms with Crippen LogP contribution in [0.2, 0.25) is 0 Å². The fourth-order valence-electron chi connectivity index (χ4n) is 4.00. The summed E-state index contributed by atoms with van der Waals surface area (Å²) < 4.78 is 57.8. The van der Waals surface area contributed by atoms with Crippen LogP contribution in [-0.2, 0) is 16.9 Å². The Balaban J connectivity index is 1.93. The molecule has 0 fully saturated rings. The van der Waals surface area contributed by atoms with Crippen LogP contribution in [0.15, 0.2) is 36.4 Å². The molecule has 3 N–H and O–H groups in total. The number of hydrogen-bond acceptors (Lipinski definition) is 4. The summed E-state index contributed by atoms with van der Waals surface area (Å²) in [7, 11) is 0. The highest BCUT2D eigenvalue weighted by atomic mass is 19.2. The number of anilines is 2. The van der Waals surface area contributed by atoms with E-state index in [1.54, 1.807) is 23.3 Å². The fourth-order valence-corrected chi connectivity index (χ4v) is 4.00. The summed E-state index contributed by atoms with van der Waals surface area (Å²) in [5, 5.41) is 3.06. The molecule has 0 unspecified atom stereocenters. The first kappa shape index (κ1) is 21.8. The Labute approximate surface area is 181 Å². The second kappa shape index (κ2) is 7.94. The maximum Gasteiger partial charge on any atom is 0.237 e. The summed E-state index contributed by atoms with van der Waals surface area (Å²) in [5.41, 5.74) is 4.67. The fraction of sp³-hybridized carbons (Fsp3) is 0.273. The average molecular weight is 447 g/mol. The first-order chi connectivity index (χ1) is 15.1. The number of aromatic nitrogens is 2. The van der Waals surface area contributed by atoms with Gasteiger partial charge in [-0.25, -0.2) is 22.5 Å². The van der Waals surface area contributed by atoms with E-state index in [0.29, 0.717) is 24.1 Å². The molecule has 2 heterocycles. The first-order valence-corrected chi connectivity index (χ1v) is 9.92. The predicted octanol–water partition coefficient (Wildman–Crippen LogP) is 3.89. The maximum absolute atomic E-state index is 14.7. The van der Waals surface area contributed by atoms with Crippen LogP contribution in [0.5, 0.6) is 0 Å². The molecule has 0 saturated carbocycles. The third-order valence-electron chi connectivity index (χ3n) is 5.57. The molecule has 1 aliphatic rings. The monoisotopic (exact) mass is 447 g/mol. The molecule has 0 atom stereocenters. The number of fused-ring (bicyclic) bond motifs is 1. The summed E-state index contributed by atoms with van der Waals surface area (Å²) in [6.07, 6.45) is 0. The number of nitrogens with one attached hydrogen (secondary N) is 1. The first-order valence-electron chi connectivity index (χ1n) is 9.92. The Hall–Kier alpha value is -3.40. The van der Waals surface area contributed by atoms with Crippen LogP contribution < -0.4 is 11.1 Å². The van der Waals surface area contributed by atoms with Crippen LogP contribution in [0.25, 0.3) is 11.3 Å². The molecule has 32 heavy (non-hydrogen) atoms. The van der Waals surface area contributed by atoms with Gasteiger partial charge in [0.05, 0.1) is 12.1 Å². The van der Waals surface area contributed by atoms with Gasteiger partial charge in [-0.2, -0.15) is 0 Å². The molecule has 0 saturated heterocycles. The summed E-state index contributed by atoms with van der Waals surface area (Å²) in [4.78, 5) is 18.4. The summed E-state index contributed by atoms with van der Waals surface area (Å²) in [5.74, 6) is -3.65. The smallest absolute Gasteiger partial charge is 0.237 e. The minimum Gasteiger partial charge on any atom is -0.340 e. The number of carbonyl (C=O) groups is 1. The van der Waals surface area contributed by atoms with Gasteiger partial charge in [0.2, 0.25) is 5.91 Å². The quantitative estimate of drug-likeness (QED) is 0.470. The lowest BCUT2D eigenvalue weighted by Crippen LogP contribution is -2.53. The van der Waals surface area contributed by atoms with Crippen LogP contribution in [0.3, 0.4) is 0 Å². The molecule has 1 amide bonds. The van der Waals surface area contributed by atoms with E-state index >= 15 is 0 Å². The van der Waals surface area contributed by atoms with Gasteiger partial charge >= 0.3 is 0 Å². The van der Waals surface area contributed by atoms with Crippen molar-refractivity contribution >= 4 is 17.4 Å². The van der Waals surface area contributed by atoms with Crippen molar-refractivity contribution in [2.24, 2.45) is 5.73 Å². The lowest BCUT2D eigenvalue weighted by atomic mass is 9.99. The number of rotatable bonds is 4. The van der Waals surface area contributed by atoms with Crippen molar-refractivity contribution in [3.63, 3.8) is 0 Å². The minimum atomic E-state index is -1.35. The van der Waals surface area contributed by atoms with Crippen molar-refractivity contribution in [3.05, 3.63) is 65.5 Å². The highest BCUT2D eigenvalue weighted by Crippen LogP contribution is 2.40. The molecule has 0 radical (unpaired) electrons. The number of carbonyl (C=O) groups excluding carboxylic acids is 1. The number of nitrogens with two attached hydrogens (primary N) is 1. The molecule has 4 rings (SSSR count). The molecule has 0 spiro atoms. The zero-order valence-electron chi connectivity index (χ0n) is 17.4. The Morgan fingerprint density at radius 1 is 1.09 bits per heavy atom. The number of amides is 1. The van der Waals surface area contributed by atoms with E-state index in [0.717, 1.165) is 6.07 Å². The predicted molar refractivity (Wildman–Crippen MR) is 111 cm³/mol. The standard InChI is InChI=1S/C22H21F4N5O/c1-22(2)21-29-19(15-9-13(24)10-16(25)18(15)26)20(28-14-5-3-12(23)4-6-14)30(21)7-8-31(22)17(32)11-27/h3-6,9-10,28H,7-8,11,27H2,1-2H3. The van der Waals surface area contributed by atoms with Crippen LogP contribution in [-0.4, -0.2) is 33.4 Å². The van der Waals surface area contributed by atoms with E-state index < -0.39 is 28.8 Å². The molecule has 6 nitrogen and oxygen atoms in total. The van der Waals surface area contributed by atoms with E-state index in [9.17, 15) is 22.4 Å². The lowest BCUT2D eigenvalue weighted by molar-refractivity contribution is -0.137. The normalized spacial score (nSPS) is 14.9. The molecule has 1 aliphatic heterocycles. The van der Waals surface area contributed by atoms with E-state index in [-0.39, 0.29) is 36.1 Å². The molecule has 0 bridgehead atoms. The molecule has 168 valence electrons. The van der Waals surface area contributed by atoms with E-state index in [1.165, 1.54) is 24.3 Å². The Kier molecular flexibility index (Phi) is 5.41. The zero-order chi connectivity index (χ0) is 23.2. The van der Waals surface area contributed by atoms with Crippen molar-refractivity contribution < 1.29 is 22.4 Å². The largest absolute Gasteiger partial charge is 0.340 e. The van der Waals surface area contributed by atoms with Crippen molar-refractivity contribution in [1.29, 1.82) is 0 Å². The molecule has 0 aliphatic carbocycles. The van der Waals surface area contributed by atoms with Gasteiger partial charge in [-0.1, -0.05) is 0 Å². The van der Waals surface area contributed by atoms with Gasteiger partial charge in [0.25, 0.3) is 0 Å². The van der Waals surface area contributed by atoms with Crippen molar-refractivity contribution in [1.82, 2.24) is 14.5 Å². The minimum absolute atomic E-state index is 0.0321. The van der Waals surface area contributed by atoms with Gasteiger partial charge in [-0.15, -0.1) is 0 Å². The number of benzene rings is 2. The van der Waals surface area contributed by atoms with Crippen molar-refractivity contribution in [3.8, 4) is 11.3 Å². The Bertz CT molecular complexity index is 1190. The topological polar surface area (TPSA) is 76.2 Å². The highest BCUT2D eigenvalue weighted by molar-refractivity contribution is 5.80. The molecule has 1 aromatic heterocycles. The van der Waals surface area contributed by atoms with E-state index in [2.05, 4.69) is 10.3 Å². The summed E-state index contributed by atoms with van der Waals surface area (Å²) >= 11 is 0. The Morgan fingerprint density at radius 3 is 2.44 bits per heavy atom. The zero-order valence-corrected chi connectivity index (χ0v) is 17.4. The molecule has 10 heteroatoms. The molecular weight excluding hydrogens is 426 g/mol. The average Bonchev–Trinajstić information content (AvgIpc) is 3.11. The second-order valence-corrected chi connectivity index (χ2v) is 7.97. The maximum atomic E-state index is 14.7.